The predicted octanol–water partition coefficient (Wildman–Crippen LogP) is 5.02. The van der Waals surface area contributed by atoms with Crippen LogP contribution >= 0.6 is 11.6 Å². The summed E-state index contributed by atoms with van der Waals surface area (Å²) in [5, 5.41) is 3.19. The number of hydrogen-bond acceptors (Lipinski definition) is 4. The molecule has 0 heterocycles. The van der Waals surface area contributed by atoms with Gasteiger partial charge in [0.2, 0.25) is 0 Å². The Hall–Kier alpha value is -3.31. The van der Waals surface area contributed by atoms with E-state index in [0.29, 0.717) is 23.1 Å². The van der Waals surface area contributed by atoms with Gasteiger partial charge in [-0.15, -0.1) is 0 Å². The van der Waals surface area contributed by atoms with Crippen molar-refractivity contribution in [2.75, 3.05) is 11.9 Å². The highest BCUT2D eigenvalue weighted by Gasteiger charge is 2.16. The number of esters is 1. The first kappa shape index (κ1) is 20.4. The minimum atomic E-state index is -0.633. The van der Waals surface area contributed by atoms with Gasteiger partial charge in [-0.2, -0.15) is 0 Å². The number of carbonyl (C=O) groups is 2. The van der Waals surface area contributed by atoms with Gasteiger partial charge in [-0.25, -0.2) is 4.79 Å². The molecule has 3 aromatic rings. The van der Waals surface area contributed by atoms with Gasteiger partial charge in [-0.05, 0) is 42.3 Å². The quantitative estimate of drug-likeness (QED) is 0.556. The Morgan fingerprint density at radius 2 is 1.69 bits per heavy atom. The molecule has 3 aromatic carbocycles. The molecule has 0 fully saturated rings. The summed E-state index contributed by atoms with van der Waals surface area (Å²) < 4.78 is 10.9. The van der Waals surface area contributed by atoms with Crippen LogP contribution in [0.4, 0.5) is 5.69 Å². The third-order valence-corrected chi connectivity index (χ3v) is 4.39. The van der Waals surface area contributed by atoms with Crippen molar-refractivity contribution in [1.82, 2.24) is 0 Å². The number of amides is 1. The Bertz CT molecular complexity index is 1000. The van der Waals surface area contributed by atoms with Crippen LogP contribution in [0.5, 0.6) is 5.75 Å². The van der Waals surface area contributed by atoms with Crippen molar-refractivity contribution >= 4 is 29.2 Å². The zero-order valence-electron chi connectivity index (χ0n) is 15.9. The van der Waals surface area contributed by atoms with Gasteiger partial charge < -0.3 is 14.8 Å². The zero-order chi connectivity index (χ0) is 20.6. The highest BCUT2D eigenvalue weighted by molar-refractivity contribution is 6.31. The average molecular weight is 410 g/mol. The van der Waals surface area contributed by atoms with Crippen molar-refractivity contribution in [3.05, 3.63) is 94.5 Å². The molecule has 0 radical (unpaired) electrons. The standard InChI is InChI=1S/C23H20ClNO4/c1-16-11-12-18(24)13-20(16)25-22(26)15-29-23(27)19-9-5-6-10-21(19)28-14-17-7-3-2-4-8-17/h2-13H,14-15H2,1H3,(H,25,26). The van der Waals surface area contributed by atoms with Crippen molar-refractivity contribution in [3.63, 3.8) is 0 Å². The van der Waals surface area contributed by atoms with Gasteiger partial charge >= 0.3 is 5.97 Å². The lowest BCUT2D eigenvalue weighted by molar-refractivity contribution is -0.119. The molecule has 0 saturated heterocycles. The van der Waals surface area contributed by atoms with Crippen molar-refractivity contribution in [1.29, 1.82) is 0 Å². The lowest BCUT2D eigenvalue weighted by Crippen LogP contribution is -2.21. The average Bonchev–Trinajstić information content (AvgIpc) is 2.74. The van der Waals surface area contributed by atoms with Crippen LogP contribution in [0.25, 0.3) is 0 Å². The molecule has 0 bridgehead atoms. The monoisotopic (exact) mass is 409 g/mol. The van der Waals surface area contributed by atoms with Gasteiger partial charge in [0, 0.05) is 10.7 Å². The van der Waals surface area contributed by atoms with Crippen molar-refractivity contribution in [2.24, 2.45) is 0 Å². The molecule has 29 heavy (non-hydrogen) atoms. The summed E-state index contributed by atoms with van der Waals surface area (Å²) >= 11 is 5.95. The number of aryl methyl sites for hydroxylation is 1. The fourth-order valence-corrected chi connectivity index (χ4v) is 2.79. The minimum Gasteiger partial charge on any atom is -0.488 e. The molecule has 0 unspecified atom stereocenters. The van der Waals surface area contributed by atoms with E-state index in [1.54, 1.807) is 42.5 Å². The molecule has 6 heteroatoms. The second-order valence-electron chi connectivity index (χ2n) is 6.35. The Balaban J connectivity index is 1.59. The van der Waals surface area contributed by atoms with Crippen LogP contribution in [-0.2, 0) is 16.1 Å². The number of carbonyl (C=O) groups excluding carboxylic acids is 2. The number of ether oxygens (including phenoxy) is 2. The molecule has 1 amide bonds. The lowest BCUT2D eigenvalue weighted by atomic mass is 10.2. The summed E-state index contributed by atoms with van der Waals surface area (Å²) in [5.41, 5.74) is 2.67. The summed E-state index contributed by atoms with van der Waals surface area (Å²) in [6.07, 6.45) is 0. The van der Waals surface area contributed by atoms with Gasteiger partial charge in [0.15, 0.2) is 6.61 Å². The van der Waals surface area contributed by atoms with Crippen LogP contribution in [0.1, 0.15) is 21.5 Å². The summed E-state index contributed by atoms with van der Waals surface area (Å²) in [6, 6.07) is 21.6. The second-order valence-corrected chi connectivity index (χ2v) is 6.79. The largest absolute Gasteiger partial charge is 0.488 e. The molecule has 0 aliphatic rings. The molecule has 148 valence electrons. The first-order valence-electron chi connectivity index (χ1n) is 9.02. The van der Waals surface area contributed by atoms with Gasteiger partial charge in [0.05, 0.1) is 0 Å². The Labute approximate surface area is 174 Å². The van der Waals surface area contributed by atoms with E-state index in [-0.39, 0.29) is 5.56 Å². The van der Waals surface area contributed by atoms with E-state index in [9.17, 15) is 9.59 Å². The van der Waals surface area contributed by atoms with Gasteiger partial charge in [0.25, 0.3) is 5.91 Å². The summed E-state index contributed by atoms with van der Waals surface area (Å²) in [6.45, 7) is 1.75. The van der Waals surface area contributed by atoms with E-state index >= 15 is 0 Å². The molecule has 0 aromatic heterocycles. The first-order valence-corrected chi connectivity index (χ1v) is 9.39. The normalized spacial score (nSPS) is 10.3. The van der Waals surface area contributed by atoms with Gasteiger partial charge in [0.1, 0.15) is 17.9 Å². The predicted molar refractivity (Wildman–Crippen MR) is 112 cm³/mol. The number of hydrogen-bond donors (Lipinski definition) is 1. The SMILES string of the molecule is Cc1ccc(Cl)cc1NC(=O)COC(=O)c1ccccc1OCc1ccccc1. The number of benzene rings is 3. The van der Waals surface area contributed by atoms with E-state index < -0.39 is 18.5 Å². The van der Waals surface area contributed by atoms with Crippen LogP contribution in [0.15, 0.2) is 72.8 Å². The number of anilines is 1. The van der Waals surface area contributed by atoms with E-state index in [1.165, 1.54) is 0 Å². The fourth-order valence-electron chi connectivity index (χ4n) is 2.62. The second kappa shape index (κ2) is 9.75. The molecular formula is C23H20ClNO4. The molecule has 0 atom stereocenters. The van der Waals surface area contributed by atoms with Crippen LogP contribution in [0.3, 0.4) is 0 Å². The zero-order valence-corrected chi connectivity index (χ0v) is 16.6. The Morgan fingerprint density at radius 3 is 2.48 bits per heavy atom. The smallest absolute Gasteiger partial charge is 0.342 e. The van der Waals surface area contributed by atoms with Gasteiger partial charge in [-0.3, -0.25) is 4.79 Å². The molecule has 5 nitrogen and oxygen atoms in total. The number of rotatable bonds is 7. The minimum absolute atomic E-state index is 0.259. The van der Waals surface area contributed by atoms with Crippen molar-refractivity contribution in [3.8, 4) is 5.75 Å². The molecule has 1 N–H and O–H groups in total. The number of nitrogens with one attached hydrogen (secondary N) is 1. The van der Waals surface area contributed by atoms with Crippen LogP contribution < -0.4 is 10.1 Å². The van der Waals surface area contributed by atoms with Crippen molar-refractivity contribution in [2.45, 2.75) is 13.5 Å². The maximum absolute atomic E-state index is 12.5. The first-order chi connectivity index (χ1) is 14.0. The molecule has 3 rings (SSSR count). The molecule has 0 aliphatic carbocycles. The fraction of sp³-hybridized carbons (Fsp3) is 0.130. The summed E-state index contributed by atoms with van der Waals surface area (Å²) in [4.78, 5) is 24.6. The Morgan fingerprint density at radius 1 is 0.966 bits per heavy atom. The van der Waals surface area contributed by atoms with Crippen molar-refractivity contribution < 1.29 is 19.1 Å². The number of halogens is 1. The topological polar surface area (TPSA) is 64.6 Å². The van der Waals surface area contributed by atoms with Crippen LogP contribution in [0, 0.1) is 6.92 Å². The van der Waals surface area contributed by atoms with E-state index in [1.807, 2.05) is 37.3 Å². The van der Waals surface area contributed by atoms with Crippen LogP contribution in [0.2, 0.25) is 5.02 Å². The third kappa shape index (κ3) is 5.83. The molecule has 0 spiro atoms. The highest BCUT2D eigenvalue weighted by atomic mass is 35.5. The Kier molecular flexibility index (Phi) is 6.87. The molecule has 0 aliphatic heterocycles. The summed E-state index contributed by atoms with van der Waals surface area (Å²) in [7, 11) is 0. The lowest BCUT2D eigenvalue weighted by Gasteiger charge is -2.12. The van der Waals surface area contributed by atoms with E-state index in [2.05, 4.69) is 5.32 Å². The summed E-state index contributed by atoms with van der Waals surface area (Å²) in [5.74, 6) is -0.689. The third-order valence-electron chi connectivity index (χ3n) is 4.15. The number of para-hydroxylation sites is 1. The van der Waals surface area contributed by atoms with Crippen LogP contribution in [-0.4, -0.2) is 18.5 Å². The maximum atomic E-state index is 12.5. The maximum Gasteiger partial charge on any atom is 0.342 e. The van der Waals surface area contributed by atoms with E-state index in [0.717, 1.165) is 11.1 Å². The van der Waals surface area contributed by atoms with Gasteiger partial charge in [-0.1, -0.05) is 60.1 Å². The molecule has 0 saturated carbocycles. The molecular weight excluding hydrogens is 390 g/mol. The van der Waals surface area contributed by atoms with E-state index in [4.69, 9.17) is 21.1 Å². The highest BCUT2D eigenvalue weighted by Crippen LogP contribution is 2.21.